The largest absolute Gasteiger partial charge is 0.445 e. The number of nitrogens with one attached hydrogen (secondary N) is 1. The van der Waals surface area contributed by atoms with E-state index in [0.717, 1.165) is 44.0 Å². The van der Waals surface area contributed by atoms with Crippen molar-refractivity contribution < 1.29 is 14.3 Å². The van der Waals surface area contributed by atoms with Gasteiger partial charge in [0.1, 0.15) is 0 Å². The van der Waals surface area contributed by atoms with Crippen molar-refractivity contribution in [1.82, 2.24) is 10.2 Å². The lowest BCUT2D eigenvalue weighted by Crippen LogP contribution is -2.37. The molecule has 1 aliphatic heterocycles. The average molecular weight is 298 g/mol. The van der Waals surface area contributed by atoms with Gasteiger partial charge in [0.25, 0.3) is 5.91 Å². The highest BCUT2D eigenvalue weighted by Gasteiger charge is 2.16. The van der Waals surface area contributed by atoms with Crippen molar-refractivity contribution in [2.24, 2.45) is 0 Å². The van der Waals surface area contributed by atoms with Gasteiger partial charge in [-0.25, -0.2) is 0 Å². The van der Waals surface area contributed by atoms with E-state index >= 15 is 0 Å². The minimum atomic E-state index is -0.153. The molecule has 2 heterocycles. The summed E-state index contributed by atoms with van der Waals surface area (Å²) in [6.45, 7) is 3.50. The third-order valence-electron chi connectivity index (χ3n) is 3.50. The molecule has 20 heavy (non-hydrogen) atoms. The lowest BCUT2D eigenvalue weighted by atomic mass is 10.1. The van der Waals surface area contributed by atoms with Crippen molar-refractivity contribution in [2.75, 3.05) is 32.4 Å². The Hall–Kier alpha value is -0.980. The fourth-order valence-electron chi connectivity index (χ4n) is 2.29. The molecule has 0 bridgehead atoms. The second-order valence-corrected chi connectivity index (χ2v) is 5.82. The van der Waals surface area contributed by atoms with Gasteiger partial charge in [-0.3, -0.25) is 4.79 Å². The summed E-state index contributed by atoms with van der Waals surface area (Å²) in [6.07, 6.45) is 4.41. The van der Waals surface area contributed by atoms with Crippen LogP contribution < -0.4 is 5.32 Å². The molecule has 1 aromatic rings. The Balaban J connectivity index is 1.62. The third-order valence-corrected chi connectivity index (χ3v) is 4.12. The maximum Gasteiger partial charge on any atom is 0.287 e. The maximum atomic E-state index is 11.8. The standard InChI is InChI=1S/C14H22N2O3S/c1-20-13-4-3-12(19-13)14(18)15-7-2-8-16-9-5-11(17)6-10-16/h3-4,11,17H,2,5-10H2,1H3,(H,15,18). The van der Waals surface area contributed by atoms with Crippen molar-refractivity contribution in [3.8, 4) is 0 Å². The van der Waals surface area contributed by atoms with Gasteiger partial charge in [-0.15, -0.1) is 0 Å². The van der Waals surface area contributed by atoms with Gasteiger partial charge < -0.3 is 19.7 Å². The van der Waals surface area contributed by atoms with Gasteiger partial charge in [0.2, 0.25) is 0 Å². The Morgan fingerprint density at radius 3 is 2.90 bits per heavy atom. The zero-order valence-electron chi connectivity index (χ0n) is 11.8. The predicted octanol–water partition coefficient (Wildman–Crippen LogP) is 1.58. The molecule has 0 atom stereocenters. The topological polar surface area (TPSA) is 65.7 Å². The van der Waals surface area contributed by atoms with Crippen LogP contribution in [0.15, 0.2) is 21.6 Å². The second-order valence-electron chi connectivity index (χ2n) is 5.01. The summed E-state index contributed by atoms with van der Waals surface area (Å²) in [7, 11) is 0. The molecule has 0 spiro atoms. The molecule has 2 rings (SSSR count). The summed E-state index contributed by atoms with van der Waals surface area (Å²) >= 11 is 1.48. The Labute approximate surface area is 123 Å². The Morgan fingerprint density at radius 1 is 1.50 bits per heavy atom. The first kappa shape index (κ1) is 15.4. The number of hydrogen-bond acceptors (Lipinski definition) is 5. The van der Waals surface area contributed by atoms with E-state index in [-0.39, 0.29) is 12.0 Å². The van der Waals surface area contributed by atoms with Gasteiger partial charge in [0.15, 0.2) is 10.9 Å². The molecule has 0 radical (unpaired) electrons. The van der Waals surface area contributed by atoms with Gasteiger partial charge in [-0.2, -0.15) is 0 Å². The molecule has 0 saturated carbocycles. The number of carbonyl (C=O) groups excluding carboxylic acids is 1. The van der Waals surface area contributed by atoms with Crippen molar-refractivity contribution in [3.63, 3.8) is 0 Å². The lowest BCUT2D eigenvalue weighted by Gasteiger charge is -2.29. The number of aliphatic hydroxyl groups is 1. The monoisotopic (exact) mass is 298 g/mol. The molecule has 2 N–H and O–H groups in total. The van der Waals surface area contributed by atoms with Gasteiger partial charge in [-0.05, 0) is 44.2 Å². The van der Waals surface area contributed by atoms with Gasteiger partial charge in [0.05, 0.1) is 6.10 Å². The van der Waals surface area contributed by atoms with E-state index in [9.17, 15) is 9.90 Å². The van der Waals surface area contributed by atoms with E-state index < -0.39 is 0 Å². The van der Waals surface area contributed by atoms with E-state index in [2.05, 4.69) is 10.2 Å². The summed E-state index contributed by atoms with van der Waals surface area (Å²) < 4.78 is 5.37. The number of furan rings is 1. The normalized spacial score (nSPS) is 17.3. The van der Waals surface area contributed by atoms with Crippen molar-refractivity contribution in [1.29, 1.82) is 0 Å². The minimum Gasteiger partial charge on any atom is -0.445 e. The molecule has 1 amide bonds. The lowest BCUT2D eigenvalue weighted by molar-refractivity contribution is 0.0814. The molecule has 6 heteroatoms. The molecule has 1 aliphatic rings. The summed E-state index contributed by atoms with van der Waals surface area (Å²) in [4.78, 5) is 14.1. The van der Waals surface area contributed by atoms with E-state index in [1.54, 1.807) is 12.1 Å². The molecule has 0 unspecified atom stereocenters. The fourth-order valence-corrected chi connectivity index (χ4v) is 2.66. The van der Waals surface area contributed by atoms with E-state index in [1.807, 2.05) is 6.26 Å². The number of thioether (sulfide) groups is 1. The fraction of sp³-hybridized carbons (Fsp3) is 0.643. The number of nitrogens with zero attached hydrogens (tertiary/aromatic N) is 1. The summed E-state index contributed by atoms with van der Waals surface area (Å²) in [5, 5.41) is 13.0. The van der Waals surface area contributed by atoms with E-state index in [0.29, 0.717) is 12.3 Å². The molecule has 5 nitrogen and oxygen atoms in total. The molecular weight excluding hydrogens is 276 g/mol. The third kappa shape index (κ3) is 4.54. The quantitative estimate of drug-likeness (QED) is 0.616. The zero-order valence-corrected chi connectivity index (χ0v) is 12.6. The van der Waals surface area contributed by atoms with Crippen molar-refractivity contribution in [3.05, 3.63) is 17.9 Å². The smallest absolute Gasteiger partial charge is 0.287 e. The number of aliphatic hydroxyl groups excluding tert-OH is 1. The van der Waals surface area contributed by atoms with Crippen molar-refractivity contribution in [2.45, 2.75) is 30.5 Å². The second kappa shape index (κ2) is 7.71. The minimum absolute atomic E-state index is 0.129. The van der Waals surface area contributed by atoms with Crippen LogP contribution >= 0.6 is 11.8 Å². The van der Waals surface area contributed by atoms with Crippen LogP contribution in [0, 0.1) is 0 Å². The maximum absolute atomic E-state index is 11.8. The molecule has 112 valence electrons. The van der Waals surface area contributed by atoms with E-state index in [4.69, 9.17) is 4.42 Å². The van der Waals surface area contributed by atoms with Gasteiger partial charge >= 0.3 is 0 Å². The number of amides is 1. The first-order valence-corrected chi connectivity index (χ1v) is 8.24. The van der Waals surface area contributed by atoms with Crippen LogP contribution in [0.25, 0.3) is 0 Å². The zero-order chi connectivity index (χ0) is 14.4. The van der Waals surface area contributed by atoms with Crippen LogP contribution in [0.4, 0.5) is 0 Å². The van der Waals surface area contributed by atoms with Crippen LogP contribution in [-0.4, -0.2) is 54.5 Å². The molecule has 1 fully saturated rings. The summed E-state index contributed by atoms with van der Waals surface area (Å²) in [5.41, 5.74) is 0. The molecular formula is C14H22N2O3S. The van der Waals surface area contributed by atoms with Crippen LogP contribution in [0.1, 0.15) is 29.8 Å². The van der Waals surface area contributed by atoms with Crippen LogP contribution in [-0.2, 0) is 0 Å². The molecule has 1 saturated heterocycles. The van der Waals surface area contributed by atoms with Crippen LogP contribution in [0.3, 0.4) is 0 Å². The Morgan fingerprint density at radius 2 is 2.25 bits per heavy atom. The van der Waals surface area contributed by atoms with Crippen LogP contribution in [0.5, 0.6) is 0 Å². The van der Waals surface area contributed by atoms with Gasteiger partial charge in [0, 0.05) is 19.6 Å². The number of carbonyl (C=O) groups is 1. The Kier molecular flexibility index (Phi) is 5.94. The number of likely N-dealkylation sites (tertiary alicyclic amines) is 1. The number of hydrogen-bond donors (Lipinski definition) is 2. The Bertz CT molecular complexity index is 428. The van der Waals surface area contributed by atoms with Crippen molar-refractivity contribution >= 4 is 17.7 Å². The first-order chi connectivity index (χ1) is 9.69. The highest BCUT2D eigenvalue weighted by molar-refractivity contribution is 7.98. The molecule has 0 aliphatic carbocycles. The SMILES string of the molecule is CSc1ccc(C(=O)NCCCN2CCC(O)CC2)o1. The first-order valence-electron chi connectivity index (χ1n) is 7.01. The average Bonchev–Trinajstić information content (AvgIpc) is 2.94. The predicted molar refractivity (Wildman–Crippen MR) is 79.1 cm³/mol. The van der Waals surface area contributed by atoms with Gasteiger partial charge in [-0.1, -0.05) is 11.8 Å². The number of rotatable bonds is 6. The van der Waals surface area contributed by atoms with Crippen LogP contribution in [0.2, 0.25) is 0 Å². The summed E-state index contributed by atoms with van der Waals surface area (Å²) in [5.74, 6) is 0.217. The van der Waals surface area contributed by atoms with E-state index in [1.165, 1.54) is 11.8 Å². The summed E-state index contributed by atoms with van der Waals surface area (Å²) in [6, 6.07) is 3.51. The molecule has 1 aromatic heterocycles. The molecule has 0 aromatic carbocycles. The number of piperidine rings is 1. The highest BCUT2D eigenvalue weighted by atomic mass is 32.2. The highest BCUT2D eigenvalue weighted by Crippen LogP contribution is 2.17.